The summed E-state index contributed by atoms with van der Waals surface area (Å²) < 4.78 is 37.3. The van der Waals surface area contributed by atoms with Gasteiger partial charge in [-0.05, 0) is 45.4 Å². The fraction of sp³-hybridized carbons (Fsp3) is 0.500. The highest BCUT2D eigenvalue weighted by Crippen LogP contribution is 2.42. The molecular weight excluding hydrogens is 341 g/mol. The van der Waals surface area contributed by atoms with E-state index in [0.717, 1.165) is 23.9 Å². The highest BCUT2D eigenvalue weighted by molar-refractivity contribution is 8.16. The number of carbonyl (C=O) groups excluding carboxylic acids is 1. The van der Waals surface area contributed by atoms with Crippen molar-refractivity contribution in [1.82, 2.24) is 5.32 Å². The quantitative estimate of drug-likeness (QED) is 0.866. The highest BCUT2D eigenvalue weighted by atomic mass is 32.2. The van der Waals surface area contributed by atoms with Crippen LogP contribution in [0.4, 0.5) is 13.2 Å². The number of alkyl halides is 3. The number of halogens is 3. The van der Waals surface area contributed by atoms with Gasteiger partial charge in [0.25, 0.3) is 5.91 Å². The predicted molar refractivity (Wildman–Crippen MR) is 87.7 cm³/mol. The number of nitrogens with zero attached hydrogens (tertiary/aromatic N) is 1. The molecule has 1 heterocycles. The third-order valence-electron chi connectivity index (χ3n) is 4.13. The number of amides is 1. The average Bonchev–Trinajstić information content (AvgIpc) is 2.73. The summed E-state index contributed by atoms with van der Waals surface area (Å²) in [6.45, 7) is 6.31. The van der Waals surface area contributed by atoms with Gasteiger partial charge >= 0.3 is 6.18 Å². The Hall–Kier alpha value is -1.54. The Morgan fingerprint density at radius 3 is 2.46 bits per heavy atom. The van der Waals surface area contributed by atoms with Gasteiger partial charge in [0.05, 0.1) is 17.2 Å². The molecule has 2 rings (SSSR count). The number of hydrogen-bond donors (Lipinski definition) is 2. The van der Waals surface area contributed by atoms with Gasteiger partial charge in [-0.25, -0.2) is 0 Å². The van der Waals surface area contributed by atoms with Crippen molar-refractivity contribution >= 4 is 22.8 Å². The molecule has 1 unspecified atom stereocenters. The van der Waals surface area contributed by atoms with Gasteiger partial charge in [-0.2, -0.15) is 18.2 Å². The van der Waals surface area contributed by atoms with Crippen molar-refractivity contribution in [3.8, 4) is 0 Å². The zero-order chi connectivity index (χ0) is 18.3. The van der Waals surface area contributed by atoms with Gasteiger partial charge in [0.15, 0.2) is 5.17 Å². The first-order valence-corrected chi connectivity index (χ1v) is 8.14. The molecule has 0 fully saturated rings. The molecule has 0 radical (unpaired) electrons. The topological polar surface area (TPSA) is 61.7 Å². The second-order valence-electron chi connectivity index (χ2n) is 6.41. The van der Waals surface area contributed by atoms with Gasteiger partial charge in [-0.1, -0.05) is 23.9 Å². The molecule has 0 saturated heterocycles. The van der Waals surface area contributed by atoms with Crippen molar-refractivity contribution < 1.29 is 23.1 Å². The minimum Gasteiger partial charge on any atom is -0.388 e. The fourth-order valence-electron chi connectivity index (χ4n) is 2.16. The van der Waals surface area contributed by atoms with Crippen LogP contribution in [0, 0.1) is 0 Å². The molecule has 132 valence electrons. The van der Waals surface area contributed by atoms with E-state index in [1.165, 1.54) is 19.9 Å². The van der Waals surface area contributed by atoms with Crippen molar-refractivity contribution in [1.29, 1.82) is 0 Å². The summed E-state index contributed by atoms with van der Waals surface area (Å²) in [5.41, 5.74) is -1.59. The Kier molecular flexibility index (Phi) is 4.76. The maximum atomic E-state index is 12.8. The molecular formula is C16H19F3N2O2S. The van der Waals surface area contributed by atoms with Crippen LogP contribution in [0.3, 0.4) is 0 Å². The van der Waals surface area contributed by atoms with Crippen LogP contribution in [0.1, 0.15) is 44.9 Å². The fourth-order valence-corrected chi connectivity index (χ4v) is 3.29. The van der Waals surface area contributed by atoms with Crippen molar-refractivity contribution in [3.63, 3.8) is 0 Å². The van der Waals surface area contributed by atoms with Gasteiger partial charge in [-0.15, -0.1) is 0 Å². The number of carbonyl (C=O) groups is 1. The molecule has 1 aliphatic heterocycles. The van der Waals surface area contributed by atoms with Crippen molar-refractivity contribution in [2.24, 2.45) is 4.99 Å². The Morgan fingerprint density at radius 2 is 1.96 bits per heavy atom. The van der Waals surface area contributed by atoms with Crippen molar-refractivity contribution in [3.05, 3.63) is 35.4 Å². The zero-order valence-electron chi connectivity index (χ0n) is 13.7. The number of aliphatic imine (C=N–C) groups is 1. The first-order chi connectivity index (χ1) is 10.8. The van der Waals surface area contributed by atoms with Crippen LogP contribution in [0.5, 0.6) is 0 Å². The highest BCUT2D eigenvalue weighted by Gasteiger charge is 2.52. The molecule has 0 bridgehead atoms. The number of aliphatic hydroxyl groups is 1. The van der Waals surface area contributed by atoms with Crippen LogP contribution in [-0.4, -0.2) is 26.5 Å². The maximum absolute atomic E-state index is 12.8. The number of hydrogen-bond acceptors (Lipinski definition) is 4. The maximum Gasteiger partial charge on any atom is 0.416 e. The summed E-state index contributed by atoms with van der Waals surface area (Å²) in [6, 6.07) is 4.51. The number of amidine groups is 1. The van der Waals surface area contributed by atoms with Crippen LogP contribution in [-0.2, 0) is 11.0 Å². The molecule has 1 aliphatic rings. The van der Waals surface area contributed by atoms with E-state index in [-0.39, 0.29) is 5.17 Å². The monoisotopic (exact) mass is 360 g/mol. The molecule has 8 heteroatoms. The van der Waals surface area contributed by atoms with E-state index in [0.29, 0.717) is 5.56 Å². The summed E-state index contributed by atoms with van der Waals surface area (Å²) in [4.78, 5) is 16.0. The Morgan fingerprint density at radius 1 is 1.33 bits per heavy atom. The van der Waals surface area contributed by atoms with Crippen molar-refractivity contribution in [2.45, 2.75) is 50.3 Å². The molecule has 0 spiro atoms. The molecule has 0 aromatic heterocycles. The summed E-state index contributed by atoms with van der Waals surface area (Å²) >= 11 is 1.08. The second kappa shape index (κ2) is 6.07. The Bertz CT molecular complexity index is 683. The average molecular weight is 360 g/mol. The Labute approximate surface area is 142 Å². The second-order valence-corrected chi connectivity index (χ2v) is 7.81. The summed E-state index contributed by atoms with van der Waals surface area (Å²) in [7, 11) is 0. The zero-order valence-corrected chi connectivity index (χ0v) is 14.5. The molecule has 2 N–H and O–H groups in total. The SMILES string of the molecule is C[C@H](NC1=NC(=O)C(C)(C(C)(C)O)S1)c1cccc(C(F)(F)F)c1. The third kappa shape index (κ3) is 3.59. The lowest BCUT2D eigenvalue weighted by Gasteiger charge is -2.33. The van der Waals surface area contributed by atoms with E-state index in [2.05, 4.69) is 10.3 Å². The van der Waals surface area contributed by atoms with E-state index >= 15 is 0 Å². The summed E-state index contributed by atoms with van der Waals surface area (Å²) in [6.07, 6.45) is -4.41. The first kappa shape index (κ1) is 18.8. The van der Waals surface area contributed by atoms with Crippen LogP contribution >= 0.6 is 11.8 Å². The largest absolute Gasteiger partial charge is 0.416 e. The summed E-state index contributed by atoms with van der Waals surface area (Å²) in [5.74, 6) is -0.473. The molecule has 2 atom stereocenters. The van der Waals surface area contributed by atoms with Crippen molar-refractivity contribution in [2.75, 3.05) is 0 Å². The van der Waals surface area contributed by atoms with E-state index in [1.54, 1.807) is 19.9 Å². The van der Waals surface area contributed by atoms with Crippen LogP contribution in [0.25, 0.3) is 0 Å². The normalized spacial score (nSPS) is 23.2. The van der Waals surface area contributed by atoms with Gasteiger partial charge in [0.1, 0.15) is 4.75 Å². The standard InChI is InChI=1S/C16H19F3N2O2S/c1-9(10-6-5-7-11(8-10)16(17,18)19)20-13-21-12(22)15(4,24-13)14(2,3)23/h5-9,23H,1-4H3,(H,20,21,22)/t9-,15?/m0/s1. The molecule has 1 amide bonds. The number of thioether (sulfide) groups is 1. The predicted octanol–water partition coefficient (Wildman–Crippen LogP) is 3.52. The summed E-state index contributed by atoms with van der Waals surface area (Å²) in [5, 5.41) is 13.4. The van der Waals surface area contributed by atoms with Gasteiger partial charge < -0.3 is 10.4 Å². The lowest BCUT2D eigenvalue weighted by Crippen LogP contribution is -2.49. The van der Waals surface area contributed by atoms with Crippen LogP contribution < -0.4 is 5.32 Å². The lowest BCUT2D eigenvalue weighted by atomic mass is 9.91. The third-order valence-corrected chi connectivity index (χ3v) is 5.62. The lowest BCUT2D eigenvalue weighted by molar-refractivity contribution is -0.137. The minimum atomic E-state index is -4.41. The molecule has 1 aromatic rings. The molecule has 0 saturated carbocycles. The van der Waals surface area contributed by atoms with E-state index in [4.69, 9.17) is 0 Å². The number of rotatable bonds is 3. The van der Waals surface area contributed by atoms with Gasteiger partial charge in [0.2, 0.25) is 0 Å². The molecule has 1 aromatic carbocycles. The van der Waals surface area contributed by atoms with Gasteiger partial charge in [0, 0.05) is 0 Å². The van der Waals surface area contributed by atoms with E-state index in [1.807, 2.05) is 0 Å². The Balaban J connectivity index is 2.16. The minimum absolute atomic E-state index is 0.287. The molecule has 0 aliphatic carbocycles. The molecule has 4 nitrogen and oxygen atoms in total. The van der Waals surface area contributed by atoms with Gasteiger partial charge in [-0.3, -0.25) is 4.79 Å². The number of nitrogens with one attached hydrogen (secondary N) is 1. The number of benzene rings is 1. The van der Waals surface area contributed by atoms with E-state index in [9.17, 15) is 23.1 Å². The first-order valence-electron chi connectivity index (χ1n) is 7.33. The van der Waals surface area contributed by atoms with Crippen LogP contribution in [0.15, 0.2) is 29.3 Å². The smallest absolute Gasteiger partial charge is 0.388 e. The van der Waals surface area contributed by atoms with E-state index < -0.39 is 34.0 Å². The molecule has 24 heavy (non-hydrogen) atoms. The van der Waals surface area contributed by atoms with Crippen LogP contribution in [0.2, 0.25) is 0 Å².